The molecule has 1 atom stereocenters. The van der Waals surface area contributed by atoms with Crippen molar-refractivity contribution in [2.24, 2.45) is 0 Å². The Morgan fingerprint density at radius 2 is 2.03 bits per heavy atom. The molecule has 2 aromatic carbocycles. The smallest absolute Gasteiger partial charge is 0.419 e. The van der Waals surface area contributed by atoms with Gasteiger partial charge in [-0.3, -0.25) is 0 Å². The molecule has 4 aromatic rings. The summed E-state index contributed by atoms with van der Waals surface area (Å²) < 4.78 is 23.4. The Hall–Kier alpha value is -3.92. The highest BCUT2D eigenvalue weighted by Gasteiger charge is 2.29. The van der Waals surface area contributed by atoms with Crippen molar-refractivity contribution < 1.29 is 13.9 Å². The lowest BCUT2D eigenvalue weighted by Gasteiger charge is -2.22. The number of nitrogens with zero attached hydrogens (tertiary/aromatic N) is 4. The molecule has 6 nitrogen and oxygen atoms in total. The number of rotatable bonds is 2. The van der Waals surface area contributed by atoms with E-state index in [0.29, 0.717) is 22.2 Å². The molecule has 1 aliphatic heterocycles. The number of hydrogen-bond acceptors (Lipinski definition) is 4. The van der Waals surface area contributed by atoms with Gasteiger partial charge in [0.2, 0.25) is 0 Å². The zero-order valence-electron chi connectivity index (χ0n) is 18.7. The molecule has 1 aliphatic rings. The number of fused-ring (bicyclic) bond motifs is 2. The first-order chi connectivity index (χ1) is 15.7. The Bertz CT molecular complexity index is 1440. The number of benzene rings is 2. The third-order valence-corrected chi connectivity index (χ3v) is 5.91. The molecule has 2 aromatic heterocycles. The summed E-state index contributed by atoms with van der Waals surface area (Å²) in [6, 6.07) is 13.8. The molecule has 0 amide bonds. The number of aromatic nitrogens is 3. The quantitative estimate of drug-likeness (QED) is 0.391. The summed E-state index contributed by atoms with van der Waals surface area (Å²) in [5, 5.41) is 10.2. The van der Waals surface area contributed by atoms with E-state index in [0.717, 1.165) is 29.7 Å². The monoisotopic (exact) mass is 442 g/mol. The first-order valence-corrected chi connectivity index (χ1v) is 10.8. The van der Waals surface area contributed by atoms with Crippen LogP contribution in [0.3, 0.4) is 0 Å². The molecule has 0 spiro atoms. The topological polar surface area (TPSA) is 72.8 Å². The Morgan fingerprint density at radius 3 is 2.79 bits per heavy atom. The van der Waals surface area contributed by atoms with E-state index in [9.17, 15) is 14.4 Å². The Labute approximate surface area is 190 Å². The van der Waals surface area contributed by atoms with Crippen molar-refractivity contribution in [3.8, 4) is 17.3 Å². The number of aryl methyl sites for hydroxylation is 1. The normalized spacial score (nSPS) is 15.4. The number of carbonyl (C=O) groups excluding carboxylic acids is 1. The van der Waals surface area contributed by atoms with E-state index in [1.54, 1.807) is 45.0 Å². The molecule has 5 rings (SSSR count). The molecule has 1 unspecified atom stereocenters. The second-order valence-corrected chi connectivity index (χ2v) is 9.31. The Kier molecular flexibility index (Phi) is 4.82. The molecule has 0 saturated heterocycles. The fraction of sp³-hybridized carbons (Fsp3) is 0.269. The maximum Gasteiger partial charge on any atom is 0.419 e. The number of ether oxygens (including phenoxy) is 1. The van der Waals surface area contributed by atoms with Gasteiger partial charge in [0.1, 0.15) is 11.4 Å². The zero-order valence-corrected chi connectivity index (χ0v) is 18.7. The van der Waals surface area contributed by atoms with Crippen molar-refractivity contribution in [1.29, 1.82) is 5.26 Å². The molecule has 3 heterocycles. The van der Waals surface area contributed by atoms with Crippen molar-refractivity contribution >= 4 is 17.0 Å². The molecule has 0 aliphatic carbocycles. The fourth-order valence-corrected chi connectivity index (χ4v) is 4.56. The fourth-order valence-electron chi connectivity index (χ4n) is 4.56. The van der Waals surface area contributed by atoms with Gasteiger partial charge in [-0.15, -0.1) is 0 Å². The van der Waals surface area contributed by atoms with Crippen molar-refractivity contribution in [3.63, 3.8) is 0 Å². The molecule has 166 valence electrons. The second kappa shape index (κ2) is 7.59. The van der Waals surface area contributed by atoms with Crippen LogP contribution in [0.2, 0.25) is 0 Å². The number of halogens is 1. The summed E-state index contributed by atoms with van der Waals surface area (Å²) in [5.41, 5.74) is 3.73. The van der Waals surface area contributed by atoms with E-state index >= 15 is 0 Å². The van der Waals surface area contributed by atoms with Crippen LogP contribution in [0.15, 0.2) is 55.0 Å². The lowest BCUT2D eigenvalue weighted by Crippen LogP contribution is -2.27. The van der Waals surface area contributed by atoms with Crippen LogP contribution in [-0.4, -0.2) is 25.8 Å². The van der Waals surface area contributed by atoms with Gasteiger partial charge in [0.15, 0.2) is 0 Å². The van der Waals surface area contributed by atoms with E-state index < -0.39 is 11.7 Å². The van der Waals surface area contributed by atoms with Crippen LogP contribution in [-0.2, 0) is 11.2 Å². The molecule has 0 N–H and O–H groups in total. The molecule has 0 fully saturated rings. The first kappa shape index (κ1) is 21.0. The summed E-state index contributed by atoms with van der Waals surface area (Å²) in [4.78, 5) is 17.6. The van der Waals surface area contributed by atoms with E-state index in [1.807, 2.05) is 18.6 Å². The number of carbonyl (C=O) groups is 1. The van der Waals surface area contributed by atoms with Gasteiger partial charge in [0.05, 0.1) is 35.2 Å². The maximum atomic E-state index is 14.0. The summed E-state index contributed by atoms with van der Waals surface area (Å²) >= 11 is 0. The Balaban J connectivity index is 1.77. The largest absolute Gasteiger partial charge is 0.443 e. The predicted octanol–water partition coefficient (Wildman–Crippen LogP) is 5.83. The molecule has 0 bridgehead atoms. The van der Waals surface area contributed by atoms with Crippen molar-refractivity contribution in [3.05, 3.63) is 77.6 Å². The van der Waals surface area contributed by atoms with Crippen LogP contribution in [0.4, 0.5) is 9.18 Å². The van der Waals surface area contributed by atoms with Gasteiger partial charge in [-0.25, -0.2) is 18.7 Å². The zero-order chi connectivity index (χ0) is 23.3. The van der Waals surface area contributed by atoms with E-state index in [2.05, 4.69) is 15.6 Å². The summed E-state index contributed by atoms with van der Waals surface area (Å²) in [5.74, 6) is -0.389. The third-order valence-electron chi connectivity index (χ3n) is 5.91. The summed E-state index contributed by atoms with van der Waals surface area (Å²) in [6.45, 7) is 5.41. The van der Waals surface area contributed by atoms with Crippen molar-refractivity contribution in [1.82, 2.24) is 14.1 Å². The number of nitriles is 1. The van der Waals surface area contributed by atoms with Gasteiger partial charge < -0.3 is 9.30 Å². The maximum absolute atomic E-state index is 14.0. The predicted molar refractivity (Wildman–Crippen MR) is 122 cm³/mol. The summed E-state index contributed by atoms with van der Waals surface area (Å²) in [7, 11) is 0. The molecule has 0 radical (unpaired) electrons. The van der Waals surface area contributed by atoms with Gasteiger partial charge in [0, 0.05) is 22.8 Å². The molecule has 7 heteroatoms. The van der Waals surface area contributed by atoms with E-state index in [4.69, 9.17) is 4.74 Å². The van der Waals surface area contributed by atoms with E-state index in [-0.39, 0.29) is 11.9 Å². The van der Waals surface area contributed by atoms with Crippen LogP contribution >= 0.6 is 0 Å². The highest BCUT2D eigenvalue weighted by Crippen LogP contribution is 2.39. The highest BCUT2D eigenvalue weighted by molar-refractivity contribution is 5.97. The highest BCUT2D eigenvalue weighted by atomic mass is 19.1. The van der Waals surface area contributed by atoms with Crippen LogP contribution in [0.5, 0.6) is 0 Å². The van der Waals surface area contributed by atoms with Gasteiger partial charge in [-0.05, 0) is 75.6 Å². The van der Waals surface area contributed by atoms with Gasteiger partial charge in [-0.2, -0.15) is 5.26 Å². The SMILES string of the molecule is CC(C)(C)OC(=O)n1c(-c2cc(C#N)ccc2C2CCc3cncn32)cc2cc(F)ccc21. The van der Waals surface area contributed by atoms with Gasteiger partial charge in [-0.1, -0.05) is 6.07 Å². The molecular formula is C26H23FN4O2. The average molecular weight is 442 g/mol. The number of hydrogen-bond donors (Lipinski definition) is 0. The minimum atomic E-state index is -0.709. The van der Waals surface area contributed by atoms with Gasteiger partial charge in [0.25, 0.3) is 0 Å². The standard InChI is InChI=1S/C26H23FN4O2/c1-26(2,3)33-25(32)31-22-8-5-18(27)11-17(22)12-24(31)21-10-16(13-28)4-7-20(21)23-9-6-19-14-29-15-30(19)23/h4-5,7-8,10-12,14-15,23H,6,9H2,1-3H3. The number of imidazole rings is 1. The van der Waals surface area contributed by atoms with Crippen molar-refractivity contribution in [2.45, 2.75) is 45.3 Å². The molecular weight excluding hydrogens is 419 g/mol. The minimum absolute atomic E-state index is 0.0204. The summed E-state index contributed by atoms with van der Waals surface area (Å²) in [6.07, 6.45) is 4.90. The molecule has 33 heavy (non-hydrogen) atoms. The second-order valence-electron chi connectivity index (χ2n) is 9.31. The lowest BCUT2D eigenvalue weighted by molar-refractivity contribution is 0.0547. The first-order valence-electron chi connectivity index (χ1n) is 10.8. The lowest BCUT2D eigenvalue weighted by atomic mass is 9.94. The van der Waals surface area contributed by atoms with Crippen LogP contribution in [0.1, 0.15) is 50.1 Å². The van der Waals surface area contributed by atoms with Crippen molar-refractivity contribution in [2.75, 3.05) is 0 Å². The van der Waals surface area contributed by atoms with E-state index in [1.165, 1.54) is 16.7 Å². The third kappa shape index (κ3) is 3.68. The van der Waals surface area contributed by atoms with Gasteiger partial charge >= 0.3 is 6.09 Å². The van der Waals surface area contributed by atoms with Crippen LogP contribution < -0.4 is 0 Å². The molecule has 0 saturated carbocycles. The average Bonchev–Trinajstić information content (AvgIpc) is 3.45. The van der Waals surface area contributed by atoms with Crippen LogP contribution in [0.25, 0.3) is 22.2 Å². The van der Waals surface area contributed by atoms with Crippen LogP contribution in [0, 0.1) is 17.1 Å². The Morgan fingerprint density at radius 1 is 1.21 bits per heavy atom. The minimum Gasteiger partial charge on any atom is -0.443 e.